The molecule has 2 heterocycles. The van der Waals surface area contributed by atoms with Gasteiger partial charge in [-0.25, -0.2) is 4.98 Å². The number of hydrogen-bond donors (Lipinski definition) is 0. The van der Waals surface area contributed by atoms with Gasteiger partial charge in [0.05, 0.1) is 38.6 Å². The molecule has 0 saturated heterocycles. The van der Waals surface area contributed by atoms with Gasteiger partial charge < -0.3 is 13.9 Å². The van der Waals surface area contributed by atoms with Crippen LogP contribution in [-0.2, 0) is 6.61 Å². The molecule has 2 aromatic heterocycles. The Hall–Kier alpha value is -4.73. The molecule has 0 aliphatic rings. The number of halogens is 2. The molecule has 0 amide bonds. The van der Waals surface area contributed by atoms with E-state index in [0.717, 1.165) is 36.2 Å². The lowest BCUT2D eigenvalue weighted by atomic mass is 10.1. The number of para-hydroxylation sites is 1. The third kappa shape index (κ3) is 5.18. The highest BCUT2D eigenvalue weighted by Gasteiger charge is 2.18. The number of benzene rings is 5. The van der Waals surface area contributed by atoms with Crippen molar-refractivity contribution in [2.45, 2.75) is 6.61 Å². The van der Waals surface area contributed by atoms with Gasteiger partial charge in [-0.2, -0.15) is 9.78 Å². The summed E-state index contributed by atoms with van der Waals surface area (Å²) in [6.07, 6.45) is 1.61. The van der Waals surface area contributed by atoms with Crippen LogP contribution in [0.1, 0.15) is 11.1 Å². The maximum absolute atomic E-state index is 13.7. The van der Waals surface area contributed by atoms with Gasteiger partial charge in [0.15, 0.2) is 5.76 Å². The number of nitrogens with zero attached hydrogens (tertiary/aromatic N) is 3. The molecule has 216 valence electrons. The third-order valence-electron chi connectivity index (χ3n) is 7.31. The van der Waals surface area contributed by atoms with Gasteiger partial charge in [0.2, 0.25) is 5.82 Å². The summed E-state index contributed by atoms with van der Waals surface area (Å²) >= 11 is 7.31. The van der Waals surface area contributed by atoms with Gasteiger partial charge >= 0.3 is 0 Å². The molecule has 0 aliphatic heterocycles. The van der Waals surface area contributed by atoms with E-state index in [1.807, 2.05) is 60.7 Å². The highest BCUT2D eigenvalue weighted by molar-refractivity contribution is 9.11. The Bertz CT molecular complexity index is 2260. The summed E-state index contributed by atoms with van der Waals surface area (Å²) in [5.41, 5.74) is 2.67. The Balaban J connectivity index is 1.25. The van der Waals surface area contributed by atoms with Crippen molar-refractivity contribution < 1.29 is 13.9 Å². The van der Waals surface area contributed by atoms with Crippen LogP contribution in [0.2, 0.25) is 0 Å². The Morgan fingerprint density at radius 1 is 0.864 bits per heavy atom. The number of methoxy groups -OCH3 is 1. The number of ether oxygens (including phenoxy) is 2. The highest BCUT2D eigenvalue weighted by atomic mass is 79.9. The van der Waals surface area contributed by atoms with E-state index in [0.29, 0.717) is 40.4 Å². The summed E-state index contributed by atoms with van der Waals surface area (Å²) in [5, 5.41) is 8.13. The molecular weight excluding hydrogens is 686 g/mol. The van der Waals surface area contributed by atoms with E-state index in [4.69, 9.17) is 18.9 Å². The molecule has 44 heavy (non-hydrogen) atoms. The van der Waals surface area contributed by atoms with Gasteiger partial charge in [0, 0.05) is 0 Å². The third-order valence-corrected chi connectivity index (χ3v) is 8.49. The van der Waals surface area contributed by atoms with Gasteiger partial charge in [-0.05, 0) is 96.2 Å². The minimum atomic E-state index is -0.317. The fourth-order valence-corrected chi connectivity index (χ4v) is 6.65. The number of fused-ring (bicyclic) bond motifs is 3. The first-order chi connectivity index (χ1) is 21.5. The van der Waals surface area contributed by atoms with E-state index in [2.05, 4.69) is 61.2 Å². The average molecular weight is 709 g/mol. The second kappa shape index (κ2) is 11.7. The van der Waals surface area contributed by atoms with Gasteiger partial charge in [0.25, 0.3) is 5.56 Å². The first-order valence-electron chi connectivity index (χ1n) is 13.7. The molecule has 7 aromatic rings. The largest absolute Gasteiger partial charge is 0.496 e. The smallest absolute Gasteiger partial charge is 0.282 e. The fourth-order valence-electron chi connectivity index (χ4n) is 5.20. The summed E-state index contributed by atoms with van der Waals surface area (Å²) in [7, 11) is 1.60. The van der Waals surface area contributed by atoms with Crippen molar-refractivity contribution in [3.05, 3.63) is 134 Å². The Morgan fingerprint density at radius 3 is 2.41 bits per heavy atom. The average Bonchev–Trinajstić information content (AvgIpc) is 3.48. The lowest BCUT2D eigenvalue weighted by Gasteiger charge is -2.13. The fraction of sp³-hybridized carbons (Fsp3) is 0.0571. The maximum atomic E-state index is 13.7. The lowest BCUT2D eigenvalue weighted by Crippen LogP contribution is -2.20. The van der Waals surface area contributed by atoms with Crippen LogP contribution in [0.15, 0.2) is 126 Å². The molecule has 0 saturated carbocycles. The van der Waals surface area contributed by atoms with Crippen molar-refractivity contribution in [3.8, 4) is 23.1 Å². The van der Waals surface area contributed by atoms with Crippen LogP contribution in [0, 0.1) is 0 Å². The van der Waals surface area contributed by atoms with Crippen LogP contribution in [0.3, 0.4) is 0 Å². The zero-order valence-corrected chi connectivity index (χ0v) is 26.5. The molecule has 0 bridgehead atoms. The topological polar surface area (TPSA) is 78.9 Å². The molecule has 0 aliphatic carbocycles. The van der Waals surface area contributed by atoms with E-state index < -0.39 is 0 Å². The second-order valence-electron chi connectivity index (χ2n) is 10.0. The van der Waals surface area contributed by atoms with Crippen molar-refractivity contribution in [2.24, 2.45) is 5.10 Å². The molecule has 0 fully saturated rings. The molecular formula is C35H23Br2N3O4. The van der Waals surface area contributed by atoms with E-state index in [-0.39, 0.29) is 11.4 Å². The number of aromatic nitrogens is 2. The molecule has 9 heteroatoms. The SMILES string of the molecule is COc1cccc2oc(-c3nc4ccccc4c(=O)n3N=Cc3cc(Br)c(OCc4cccc5ccccc45)c(Br)c3)cc12. The molecule has 0 spiro atoms. The molecule has 0 unspecified atom stereocenters. The van der Waals surface area contributed by atoms with Crippen LogP contribution in [0.5, 0.6) is 11.5 Å². The maximum Gasteiger partial charge on any atom is 0.282 e. The lowest BCUT2D eigenvalue weighted by molar-refractivity contribution is 0.303. The zero-order valence-electron chi connectivity index (χ0n) is 23.3. The molecule has 7 nitrogen and oxygen atoms in total. The molecule has 0 atom stereocenters. The molecule has 5 aromatic carbocycles. The molecule has 0 N–H and O–H groups in total. The van der Waals surface area contributed by atoms with Crippen molar-refractivity contribution in [1.82, 2.24) is 9.66 Å². The van der Waals surface area contributed by atoms with Gasteiger partial charge in [0.1, 0.15) is 23.7 Å². The first kappa shape index (κ1) is 28.1. The van der Waals surface area contributed by atoms with Gasteiger partial charge in [-0.15, -0.1) is 0 Å². The van der Waals surface area contributed by atoms with Gasteiger partial charge in [-0.1, -0.05) is 60.7 Å². The summed E-state index contributed by atoms with van der Waals surface area (Å²) in [5.74, 6) is 1.99. The predicted octanol–water partition coefficient (Wildman–Crippen LogP) is 8.96. The standard InChI is InChI=1S/C35H23Br2N3O4/c1-42-30-14-7-15-31-26(30)18-32(44-31)34-39-29-13-5-4-12-25(29)35(41)40(34)38-19-21-16-27(36)33(28(37)17-21)43-20-23-10-6-9-22-8-2-3-11-24(22)23/h2-19H,20H2,1H3. The molecule has 7 rings (SSSR count). The summed E-state index contributed by atoms with van der Waals surface area (Å²) in [4.78, 5) is 18.5. The predicted molar refractivity (Wildman–Crippen MR) is 181 cm³/mol. The van der Waals surface area contributed by atoms with Crippen molar-refractivity contribution >= 4 is 70.7 Å². The minimum Gasteiger partial charge on any atom is -0.496 e. The number of furan rings is 1. The van der Waals surface area contributed by atoms with E-state index in [9.17, 15) is 4.79 Å². The van der Waals surface area contributed by atoms with E-state index >= 15 is 0 Å². The number of rotatable bonds is 7. The first-order valence-corrected chi connectivity index (χ1v) is 15.3. The summed E-state index contributed by atoms with van der Waals surface area (Å²) in [6.45, 7) is 0.399. The Morgan fingerprint density at radius 2 is 1.59 bits per heavy atom. The Kier molecular flexibility index (Phi) is 7.49. The minimum absolute atomic E-state index is 0.274. The normalized spacial score (nSPS) is 11.6. The van der Waals surface area contributed by atoms with Crippen molar-refractivity contribution in [1.29, 1.82) is 0 Å². The van der Waals surface area contributed by atoms with Crippen LogP contribution in [-0.4, -0.2) is 23.0 Å². The van der Waals surface area contributed by atoms with E-state index in [1.54, 1.807) is 31.5 Å². The van der Waals surface area contributed by atoms with Crippen LogP contribution in [0.4, 0.5) is 0 Å². The van der Waals surface area contributed by atoms with Crippen molar-refractivity contribution in [2.75, 3.05) is 7.11 Å². The number of hydrogen-bond acceptors (Lipinski definition) is 6. The quantitative estimate of drug-likeness (QED) is 0.155. The van der Waals surface area contributed by atoms with Crippen LogP contribution >= 0.6 is 31.9 Å². The summed E-state index contributed by atoms with van der Waals surface area (Å²) < 4.78 is 20.6. The molecule has 0 radical (unpaired) electrons. The van der Waals surface area contributed by atoms with E-state index in [1.165, 1.54) is 4.68 Å². The summed E-state index contributed by atoms with van der Waals surface area (Å²) in [6, 6.07) is 32.7. The second-order valence-corrected chi connectivity index (χ2v) is 11.7. The zero-order chi connectivity index (χ0) is 30.2. The Labute approximate surface area is 268 Å². The van der Waals surface area contributed by atoms with Gasteiger partial charge in [-0.3, -0.25) is 4.79 Å². The monoisotopic (exact) mass is 707 g/mol. The van der Waals surface area contributed by atoms with Crippen LogP contribution < -0.4 is 15.0 Å². The van der Waals surface area contributed by atoms with Crippen LogP contribution in [0.25, 0.3) is 44.2 Å². The van der Waals surface area contributed by atoms with Crippen molar-refractivity contribution in [3.63, 3.8) is 0 Å². The highest BCUT2D eigenvalue weighted by Crippen LogP contribution is 2.36.